The fourth-order valence-electron chi connectivity index (χ4n) is 5.52. The number of benzene rings is 3. The van der Waals surface area contributed by atoms with E-state index in [4.69, 9.17) is 0 Å². The third kappa shape index (κ3) is 10.5. The summed E-state index contributed by atoms with van der Waals surface area (Å²) in [4.78, 5) is 41.9. The van der Waals surface area contributed by atoms with Crippen molar-refractivity contribution in [3.8, 4) is 0 Å². The van der Waals surface area contributed by atoms with Gasteiger partial charge in [-0.25, -0.2) is 0 Å². The summed E-state index contributed by atoms with van der Waals surface area (Å²) in [6, 6.07) is 21.6. The average Bonchev–Trinajstić information content (AvgIpc) is 3.05. The minimum Gasteiger partial charge on any atom is -0.388 e. The minimum absolute atomic E-state index is 0.124. The zero-order valence-electron chi connectivity index (χ0n) is 27.0. The Labute approximate surface area is 267 Å². The van der Waals surface area contributed by atoms with Crippen molar-refractivity contribution in [3.05, 3.63) is 107 Å². The Morgan fingerprint density at radius 1 is 0.689 bits per heavy atom. The van der Waals surface area contributed by atoms with Gasteiger partial charge in [-0.3, -0.25) is 14.4 Å². The Morgan fingerprint density at radius 2 is 1.22 bits per heavy atom. The van der Waals surface area contributed by atoms with Crippen molar-refractivity contribution >= 4 is 17.7 Å². The highest BCUT2D eigenvalue weighted by atomic mass is 16.3. The summed E-state index contributed by atoms with van der Waals surface area (Å²) in [5.41, 5.74) is 2.82. The normalized spacial score (nSPS) is 13.7. The zero-order chi connectivity index (χ0) is 32.8. The van der Waals surface area contributed by atoms with Gasteiger partial charge in [0.25, 0.3) is 17.7 Å². The van der Waals surface area contributed by atoms with Crippen molar-refractivity contribution in [3.63, 3.8) is 0 Å². The van der Waals surface area contributed by atoms with Crippen LogP contribution in [-0.4, -0.2) is 70.2 Å². The first-order chi connectivity index (χ1) is 21.7. The molecule has 0 saturated heterocycles. The van der Waals surface area contributed by atoms with E-state index in [2.05, 4.69) is 10.6 Å². The number of aliphatic hydroxyl groups excluding tert-OH is 2. The lowest BCUT2D eigenvalue weighted by atomic mass is 9.91. The molecule has 0 aliphatic carbocycles. The van der Waals surface area contributed by atoms with Crippen LogP contribution >= 0.6 is 0 Å². The quantitative estimate of drug-likeness (QED) is 0.164. The topological polar surface area (TPSA) is 119 Å². The lowest BCUT2D eigenvalue weighted by molar-refractivity contribution is -0.0237. The molecular formula is C37H49N3O5. The van der Waals surface area contributed by atoms with Gasteiger partial charge in [0, 0.05) is 29.8 Å². The van der Waals surface area contributed by atoms with E-state index in [0.29, 0.717) is 36.2 Å². The standard InChI is InChI=1S/C37H49N3O5/c1-5-8-19-31(38-35(43)28-17-13-10-14-18-28)33(41)34(42)32(24-27-15-11-9-12-16-27)39-36(44)29-22-26(4)23-30(25-29)37(45)40(20-6-2)21-7-3/h9-18,22-23,25,31-34,41-42H,5-8,19-21,24H2,1-4H3,(H,38,43)(H,39,44). The van der Waals surface area contributed by atoms with Crippen molar-refractivity contribution in [1.82, 2.24) is 15.5 Å². The van der Waals surface area contributed by atoms with E-state index in [1.54, 1.807) is 47.4 Å². The number of nitrogens with one attached hydrogen (secondary N) is 2. The van der Waals surface area contributed by atoms with Gasteiger partial charge in [-0.2, -0.15) is 0 Å². The number of rotatable bonds is 17. The molecule has 0 aliphatic heterocycles. The second kappa shape index (κ2) is 18.1. The highest BCUT2D eigenvalue weighted by Gasteiger charge is 2.34. The largest absolute Gasteiger partial charge is 0.388 e. The van der Waals surface area contributed by atoms with Crippen molar-refractivity contribution in [2.75, 3.05) is 13.1 Å². The summed E-state index contributed by atoms with van der Waals surface area (Å²) in [5, 5.41) is 28.9. The van der Waals surface area contributed by atoms with Crippen molar-refractivity contribution in [1.29, 1.82) is 0 Å². The number of aliphatic hydroxyl groups is 2. The molecule has 0 radical (unpaired) electrons. The first-order valence-corrected chi connectivity index (χ1v) is 16.2. The predicted octanol–water partition coefficient (Wildman–Crippen LogP) is 5.31. The molecule has 8 heteroatoms. The van der Waals surface area contributed by atoms with E-state index in [0.717, 1.165) is 36.8 Å². The maximum atomic E-state index is 13.7. The molecule has 0 saturated carbocycles. The summed E-state index contributed by atoms with van der Waals surface area (Å²) in [6.07, 6.45) is 1.17. The van der Waals surface area contributed by atoms with Crippen LogP contribution in [0.15, 0.2) is 78.9 Å². The predicted molar refractivity (Wildman–Crippen MR) is 178 cm³/mol. The number of amides is 3. The van der Waals surface area contributed by atoms with E-state index >= 15 is 0 Å². The van der Waals surface area contributed by atoms with Crippen LogP contribution in [0.3, 0.4) is 0 Å². The van der Waals surface area contributed by atoms with E-state index in [9.17, 15) is 24.6 Å². The Bertz CT molecular complexity index is 1360. The molecule has 0 fully saturated rings. The number of carbonyl (C=O) groups excluding carboxylic acids is 3. The second-order valence-electron chi connectivity index (χ2n) is 11.7. The molecule has 0 heterocycles. The third-order valence-corrected chi connectivity index (χ3v) is 7.87. The van der Waals surface area contributed by atoms with Gasteiger partial charge in [0.15, 0.2) is 0 Å². The van der Waals surface area contributed by atoms with Gasteiger partial charge >= 0.3 is 0 Å². The molecule has 4 atom stereocenters. The number of hydrogen-bond donors (Lipinski definition) is 4. The molecule has 0 aliphatic rings. The van der Waals surface area contributed by atoms with Gasteiger partial charge in [-0.1, -0.05) is 82.1 Å². The lowest BCUT2D eigenvalue weighted by Gasteiger charge is -2.33. The molecule has 8 nitrogen and oxygen atoms in total. The van der Waals surface area contributed by atoms with Gasteiger partial charge < -0.3 is 25.7 Å². The van der Waals surface area contributed by atoms with E-state index in [1.807, 2.05) is 64.1 Å². The molecule has 3 rings (SSSR count). The Balaban J connectivity index is 1.88. The van der Waals surface area contributed by atoms with Crippen LogP contribution in [0.2, 0.25) is 0 Å². The Morgan fingerprint density at radius 3 is 1.82 bits per heavy atom. The van der Waals surface area contributed by atoms with Gasteiger partial charge in [0.1, 0.15) is 12.2 Å². The zero-order valence-corrected chi connectivity index (χ0v) is 27.0. The van der Waals surface area contributed by atoms with Crippen LogP contribution in [-0.2, 0) is 6.42 Å². The number of aryl methyl sites for hydroxylation is 1. The van der Waals surface area contributed by atoms with Gasteiger partial charge in [0.05, 0.1) is 12.1 Å². The Hall–Kier alpha value is -4.01. The highest BCUT2D eigenvalue weighted by molar-refractivity contribution is 6.00. The fourth-order valence-corrected chi connectivity index (χ4v) is 5.52. The SMILES string of the molecule is CCCCC(NC(=O)c1ccccc1)C(O)C(O)C(Cc1ccccc1)NC(=O)c1cc(C)cc(C(=O)N(CCC)CCC)c1. The van der Waals surface area contributed by atoms with Crippen LogP contribution < -0.4 is 10.6 Å². The molecule has 0 aromatic heterocycles. The number of hydrogen-bond acceptors (Lipinski definition) is 5. The Kier molecular flexibility index (Phi) is 14.2. The van der Waals surface area contributed by atoms with Crippen LogP contribution in [0, 0.1) is 6.92 Å². The molecule has 3 amide bonds. The first-order valence-electron chi connectivity index (χ1n) is 16.2. The molecule has 0 bridgehead atoms. The summed E-state index contributed by atoms with van der Waals surface area (Å²) < 4.78 is 0. The monoisotopic (exact) mass is 615 g/mol. The van der Waals surface area contributed by atoms with Crippen LogP contribution in [0.4, 0.5) is 0 Å². The smallest absolute Gasteiger partial charge is 0.253 e. The maximum Gasteiger partial charge on any atom is 0.253 e. The molecule has 4 unspecified atom stereocenters. The van der Waals surface area contributed by atoms with E-state index in [-0.39, 0.29) is 18.2 Å². The first kappa shape index (κ1) is 35.5. The molecular weight excluding hydrogens is 566 g/mol. The average molecular weight is 616 g/mol. The summed E-state index contributed by atoms with van der Waals surface area (Å²) in [6.45, 7) is 9.17. The van der Waals surface area contributed by atoms with E-state index in [1.165, 1.54) is 0 Å². The van der Waals surface area contributed by atoms with Crippen molar-refractivity contribution < 1.29 is 24.6 Å². The van der Waals surface area contributed by atoms with Crippen LogP contribution in [0.25, 0.3) is 0 Å². The van der Waals surface area contributed by atoms with Gasteiger partial charge in [-0.05, 0) is 74.1 Å². The minimum atomic E-state index is -1.40. The van der Waals surface area contributed by atoms with Crippen molar-refractivity contribution in [2.45, 2.75) is 90.5 Å². The number of unbranched alkanes of at least 4 members (excludes halogenated alkanes) is 1. The summed E-state index contributed by atoms with van der Waals surface area (Å²) >= 11 is 0. The van der Waals surface area contributed by atoms with Crippen LogP contribution in [0.5, 0.6) is 0 Å². The molecule has 3 aromatic rings. The molecule has 0 spiro atoms. The fraction of sp³-hybridized carbons (Fsp3) is 0.432. The highest BCUT2D eigenvalue weighted by Crippen LogP contribution is 2.18. The number of carbonyl (C=O) groups is 3. The van der Waals surface area contributed by atoms with Crippen molar-refractivity contribution in [2.24, 2.45) is 0 Å². The molecule has 242 valence electrons. The van der Waals surface area contributed by atoms with Gasteiger partial charge in [0.2, 0.25) is 0 Å². The van der Waals surface area contributed by atoms with Crippen LogP contribution in [0.1, 0.15) is 95.1 Å². The summed E-state index contributed by atoms with van der Waals surface area (Å²) in [7, 11) is 0. The summed E-state index contributed by atoms with van der Waals surface area (Å²) in [5.74, 6) is -0.930. The second-order valence-corrected chi connectivity index (χ2v) is 11.7. The van der Waals surface area contributed by atoms with Gasteiger partial charge in [-0.15, -0.1) is 0 Å². The van der Waals surface area contributed by atoms with E-state index < -0.39 is 30.2 Å². The lowest BCUT2D eigenvalue weighted by Crippen LogP contribution is -2.56. The third-order valence-electron chi connectivity index (χ3n) is 7.87. The molecule has 4 N–H and O–H groups in total. The molecule has 45 heavy (non-hydrogen) atoms. The maximum absolute atomic E-state index is 13.7. The molecule has 3 aromatic carbocycles. The number of nitrogens with zero attached hydrogens (tertiary/aromatic N) is 1.